The van der Waals surface area contributed by atoms with Gasteiger partial charge in [-0.3, -0.25) is 13.9 Å². The van der Waals surface area contributed by atoms with Crippen molar-refractivity contribution in [2.24, 2.45) is 0 Å². The molecule has 0 spiro atoms. The van der Waals surface area contributed by atoms with Crippen molar-refractivity contribution in [2.45, 2.75) is 4.90 Å². The first-order valence-electron chi connectivity index (χ1n) is 3.97. The summed E-state index contributed by atoms with van der Waals surface area (Å²) in [6.45, 7) is 0. The van der Waals surface area contributed by atoms with E-state index < -0.39 is 26.3 Å². The summed E-state index contributed by atoms with van der Waals surface area (Å²) in [5.41, 5.74) is 0.220. The summed E-state index contributed by atoms with van der Waals surface area (Å²) in [4.78, 5) is 11.1. The number of sulfonamides is 1. The first-order chi connectivity index (χ1) is 7.61. The minimum Gasteiger partial charge on any atom is -0.412 e. The largest absolute Gasteiger partial charge is 0.412 e. The first-order valence-corrected chi connectivity index (χ1v) is 6.85. The van der Waals surface area contributed by atoms with E-state index in [-0.39, 0.29) is 42.1 Å². The van der Waals surface area contributed by atoms with Crippen molar-refractivity contribution < 1.29 is 36.2 Å². The molecule has 1 aromatic carbocycles. The van der Waals surface area contributed by atoms with Gasteiger partial charge in [0.15, 0.2) is 0 Å². The molecule has 0 aliphatic carbocycles. The summed E-state index contributed by atoms with van der Waals surface area (Å²) in [6, 6.07) is 6.09. The molecule has 3 radical (unpaired) electrons. The summed E-state index contributed by atoms with van der Waals surface area (Å²) in [6.07, 6.45) is 0. The van der Waals surface area contributed by atoms with Gasteiger partial charge in [-0.2, -0.15) is 8.42 Å². The van der Waals surface area contributed by atoms with Crippen LogP contribution in [0.25, 0.3) is 0 Å². The normalized spacial score (nSPS) is 14.7. The van der Waals surface area contributed by atoms with Gasteiger partial charge in [0.2, 0.25) is 0 Å². The maximum Gasteiger partial charge on any atom is 0.394 e. The van der Waals surface area contributed by atoms with Crippen LogP contribution in [0.3, 0.4) is 0 Å². The minimum absolute atomic E-state index is 0. The number of amides is 1. The van der Waals surface area contributed by atoms with Crippen molar-refractivity contribution in [1.82, 2.24) is 4.72 Å². The zero-order valence-corrected chi connectivity index (χ0v) is 14.1. The molecule has 107 valence electrons. The van der Waals surface area contributed by atoms with E-state index in [4.69, 9.17) is 17.5 Å². The quantitative estimate of drug-likeness (QED) is 0.276. The molecule has 0 unspecified atom stereocenters. The molecule has 1 aromatic rings. The number of hydrogen-bond acceptors (Lipinski definition) is 5. The monoisotopic (exact) mass is 508 g/mol. The van der Waals surface area contributed by atoms with Crippen molar-refractivity contribution >= 4 is 52.5 Å². The second-order valence-corrected chi connectivity index (χ2v) is 5.43. The number of benzene rings is 1. The van der Waals surface area contributed by atoms with Crippen LogP contribution in [0.1, 0.15) is 10.4 Å². The second-order valence-electron chi connectivity index (χ2n) is 2.88. The van der Waals surface area contributed by atoms with Crippen LogP contribution >= 0.6 is 0 Å². The van der Waals surface area contributed by atoms with E-state index in [2.05, 4.69) is 0 Å². The molecule has 0 bridgehead atoms. The van der Waals surface area contributed by atoms with Gasteiger partial charge in [-0.05, 0) is 12.1 Å². The summed E-state index contributed by atoms with van der Waals surface area (Å²) in [7, 11) is -8.22. The van der Waals surface area contributed by atoms with Gasteiger partial charge in [-0.1, -0.05) is 12.1 Å². The molecule has 5 N–H and O–H groups in total. The Labute approximate surface area is 128 Å². The molecule has 1 heterocycles. The zero-order valence-electron chi connectivity index (χ0n) is 9.01. The third kappa shape index (κ3) is 6.36. The van der Waals surface area contributed by atoms with Gasteiger partial charge in [-0.15, -0.1) is 0 Å². The molecular formula is C7H9BiNO8S2. The van der Waals surface area contributed by atoms with Crippen molar-refractivity contribution in [3.8, 4) is 0 Å². The predicted octanol–water partition coefficient (Wildman–Crippen LogP) is -1.74. The van der Waals surface area contributed by atoms with Crippen LogP contribution in [0.15, 0.2) is 29.2 Å². The van der Waals surface area contributed by atoms with E-state index >= 15 is 0 Å². The second kappa shape index (κ2) is 7.22. The molecule has 0 saturated carbocycles. The summed E-state index contributed by atoms with van der Waals surface area (Å²) in [5, 5.41) is 0. The van der Waals surface area contributed by atoms with Crippen LogP contribution in [-0.4, -0.2) is 63.5 Å². The fourth-order valence-electron chi connectivity index (χ4n) is 1.12. The minimum atomic E-state index is -4.67. The van der Waals surface area contributed by atoms with Crippen LogP contribution in [0.2, 0.25) is 0 Å². The van der Waals surface area contributed by atoms with Crippen molar-refractivity contribution in [3.05, 3.63) is 29.8 Å². The number of fused-ring (bicyclic) bond motifs is 1. The molecule has 0 fully saturated rings. The van der Waals surface area contributed by atoms with Gasteiger partial charge in [0, 0.05) is 26.2 Å². The Hall–Kier alpha value is -0.647. The van der Waals surface area contributed by atoms with Crippen LogP contribution in [0.4, 0.5) is 0 Å². The first kappa shape index (κ1) is 20.7. The Morgan fingerprint density at radius 3 is 1.95 bits per heavy atom. The molecule has 0 atom stereocenters. The summed E-state index contributed by atoms with van der Waals surface area (Å²) >= 11 is 0. The van der Waals surface area contributed by atoms with E-state index in [1.54, 1.807) is 12.1 Å². The summed E-state index contributed by atoms with van der Waals surface area (Å²) in [5.74, 6) is -0.550. The van der Waals surface area contributed by atoms with Crippen LogP contribution < -0.4 is 4.72 Å². The Morgan fingerprint density at radius 2 is 1.53 bits per heavy atom. The van der Waals surface area contributed by atoms with E-state index in [1.807, 2.05) is 4.72 Å². The smallest absolute Gasteiger partial charge is 0.394 e. The van der Waals surface area contributed by atoms with Crippen LogP contribution in [0, 0.1) is 0 Å². The zero-order chi connectivity index (χ0) is 13.3. The molecule has 19 heavy (non-hydrogen) atoms. The van der Waals surface area contributed by atoms with E-state index in [0.717, 1.165) is 0 Å². The Bertz CT molecular complexity index is 645. The predicted molar refractivity (Wildman–Crippen MR) is 64.6 cm³/mol. The average Bonchev–Trinajstić information content (AvgIpc) is 2.36. The van der Waals surface area contributed by atoms with Gasteiger partial charge in [0.25, 0.3) is 15.9 Å². The van der Waals surface area contributed by atoms with Crippen molar-refractivity contribution in [1.29, 1.82) is 0 Å². The fraction of sp³-hybridized carbons (Fsp3) is 0. The average molecular weight is 508 g/mol. The number of carbonyl (C=O) groups is 1. The standard InChI is InChI=1S/C7H5NO3S.Bi.H2O4S.H2O/c9-7-5-3-1-2-4-6(5)12(10,11)8-7;;1-5(2,3)4;/h1-4H,(H,8,9);;(H2,1,2,3,4);1H2. The van der Waals surface area contributed by atoms with Gasteiger partial charge in [0.05, 0.1) is 5.56 Å². The van der Waals surface area contributed by atoms with Gasteiger partial charge in [-0.25, -0.2) is 13.1 Å². The molecule has 2 rings (SSSR count). The maximum atomic E-state index is 11.1. The molecule has 12 heteroatoms. The van der Waals surface area contributed by atoms with Gasteiger partial charge < -0.3 is 5.48 Å². The van der Waals surface area contributed by atoms with Crippen LogP contribution in [-0.2, 0) is 20.4 Å². The molecule has 1 aliphatic heterocycles. The third-order valence-corrected chi connectivity index (χ3v) is 3.04. The molecule has 0 saturated heterocycles. The van der Waals surface area contributed by atoms with E-state index in [9.17, 15) is 13.2 Å². The number of hydrogen-bond donors (Lipinski definition) is 3. The van der Waals surface area contributed by atoms with E-state index in [1.165, 1.54) is 12.1 Å². The number of carbonyl (C=O) groups excluding carboxylic acids is 1. The van der Waals surface area contributed by atoms with E-state index in [0.29, 0.717) is 0 Å². The van der Waals surface area contributed by atoms with Gasteiger partial charge in [0.1, 0.15) is 4.90 Å². The molecular weight excluding hydrogens is 499 g/mol. The molecule has 1 amide bonds. The molecule has 1 aliphatic rings. The third-order valence-electron chi connectivity index (χ3n) is 1.65. The van der Waals surface area contributed by atoms with Crippen LogP contribution in [0.5, 0.6) is 0 Å². The van der Waals surface area contributed by atoms with Crippen molar-refractivity contribution in [3.63, 3.8) is 0 Å². The van der Waals surface area contributed by atoms with Gasteiger partial charge >= 0.3 is 10.4 Å². The molecule has 0 aromatic heterocycles. The number of nitrogens with one attached hydrogen (secondary N) is 1. The maximum absolute atomic E-state index is 11.1. The topological polar surface area (TPSA) is 169 Å². The Morgan fingerprint density at radius 1 is 1.11 bits per heavy atom. The fourth-order valence-corrected chi connectivity index (χ4v) is 2.29. The Balaban J connectivity index is 0. The Kier molecular flexibility index (Phi) is 7.85. The van der Waals surface area contributed by atoms with Crippen molar-refractivity contribution in [2.75, 3.05) is 0 Å². The SMILES string of the molecule is O.O=C1NS(=O)(=O)c2ccccc21.O=S(=O)(O)O.[Bi]. The summed E-state index contributed by atoms with van der Waals surface area (Å²) < 4.78 is 55.7. The number of rotatable bonds is 0. The molecule has 9 nitrogen and oxygen atoms in total.